The molecule has 4 aromatic rings. The Morgan fingerprint density at radius 3 is 2.61 bits per heavy atom. The molecular weight excluding hydrogens is 411 g/mol. The number of carbonyl (C=O) groups excluding carboxylic acids is 1. The fourth-order valence-corrected chi connectivity index (χ4v) is 3.92. The van der Waals surface area contributed by atoms with Crippen molar-refractivity contribution in [1.82, 2.24) is 10.3 Å². The molecule has 0 saturated heterocycles. The number of carbonyl (C=O) groups is 1. The van der Waals surface area contributed by atoms with Crippen LogP contribution in [-0.4, -0.2) is 10.9 Å². The maximum Gasteiger partial charge on any atom is 0.271 e. The standard InChI is InChI=1S/C25H21FN2O2S/c1-17-6-5-9-19(12-17)15-30-20-10-11-21(22(26)13-20)25-28-23(16-31-25)24(29)27-14-18-7-3-2-4-8-18/h2-13,16H,14-15H2,1H3,(H,27,29). The van der Waals surface area contributed by atoms with Gasteiger partial charge in [-0.15, -0.1) is 11.3 Å². The van der Waals surface area contributed by atoms with Crippen molar-refractivity contribution < 1.29 is 13.9 Å². The van der Waals surface area contributed by atoms with E-state index < -0.39 is 5.82 Å². The lowest BCUT2D eigenvalue weighted by molar-refractivity contribution is 0.0946. The van der Waals surface area contributed by atoms with Crippen LogP contribution in [0.1, 0.15) is 27.2 Å². The smallest absolute Gasteiger partial charge is 0.271 e. The van der Waals surface area contributed by atoms with Crippen molar-refractivity contribution in [3.8, 4) is 16.3 Å². The van der Waals surface area contributed by atoms with E-state index in [0.717, 1.165) is 16.7 Å². The number of hydrogen-bond acceptors (Lipinski definition) is 4. The van der Waals surface area contributed by atoms with Crippen LogP contribution in [-0.2, 0) is 13.2 Å². The van der Waals surface area contributed by atoms with Gasteiger partial charge >= 0.3 is 0 Å². The van der Waals surface area contributed by atoms with Crippen LogP contribution in [0.2, 0.25) is 0 Å². The normalized spacial score (nSPS) is 10.6. The predicted octanol–water partition coefficient (Wildman–Crippen LogP) is 5.77. The molecule has 3 aromatic carbocycles. The molecule has 0 saturated carbocycles. The molecule has 1 N–H and O–H groups in total. The number of hydrogen-bond donors (Lipinski definition) is 1. The number of aryl methyl sites for hydroxylation is 1. The summed E-state index contributed by atoms with van der Waals surface area (Å²) in [5.41, 5.74) is 3.79. The van der Waals surface area contributed by atoms with Gasteiger partial charge in [-0.25, -0.2) is 9.37 Å². The lowest BCUT2D eigenvalue weighted by Crippen LogP contribution is -2.23. The van der Waals surface area contributed by atoms with Gasteiger partial charge in [0, 0.05) is 23.6 Å². The van der Waals surface area contributed by atoms with Crippen LogP contribution >= 0.6 is 11.3 Å². The number of nitrogens with one attached hydrogen (secondary N) is 1. The number of ether oxygens (including phenoxy) is 1. The fourth-order valence-electron chi connectivity index (χ4n) is 3.10. The van der Waals surface area contributed by atoms with Gasteiger partial charge in [0.15, 0.2) is 0 Å². The van der Waals surface area contributed by atoms with Gasteiger partial charge in [-0.2, -0.15) is 0 Å². The Kier molecular flexibility index (Phi) is 6.38. The second-order valence-electron chi connectivity index (χ2n) is 7.13. The highest BCUT2D eigenvalue weighted by atomic mass is 32.1. The first-order valence-electron chi connectivity index (χ1n) is 9.84. The summed E-state index contributed by atoms with van der Waals surface area (Å²) < 4.78 is 20.4. The average molecular weight is 433 g/mol. The van der Waals surface area contributed by atoms with Crippen molar-refractivity contribution >= 4 is 17.2 Å². The minimum Gasteiger partial charge on any atom is -0.489 e. The number of benzene rings is 3. The van der Waals surface area contributed by atoms with Gasteiger partial charge in [0.05, 0.1) is 0 Å². The van der Waals surface area contributed by atoms with Gasteiger partial charge in [-0.05, 0) is 30.2 Å². The minimum atomic E-state index is -0.438. The molecule has 1 amide bonds. The molecular formula is C25H21FN2O2S. The molecule has 0 spiro atoms. The van der Waals surface area contributed by atoms with E-state index in [-0.39, 0.29) is 11.6 Å². The van der Waals surface area contributed by atoms with Gasteiger partial charge in [0.25, 0.3) is 5.91 Å². The van der Waals surface area contributed by atoms with Crippen molar-refractivity contribution in [1.29, 1.82) is 0 Å². The van der Waals surface area contributed by atoms with Crippen molar-refractivity contribution in [2.24, 2.45) is 0 Å². The Hall–Kier alpha value is -3.51. The van der Waals surface area contributed by atoms with Crippen LogP contribution in [0.25, 0.3) is 10.6 Å². The van der Waals surface area contributed by atoms with E-state index in [2.05, 4.69) is 10.3 Å². The molecule has 1 aromatic heterocycles. The highest BCUT2D eigenvalue weighted by Gasteiger charge is 2.15. The van der Waals surface area contributed by atoms with Crippen LogP contribution in [0.5, 0.6) is 5.75 Å². The monoisotopic (exact) mass is 432 g/mol. The molecule has 4 rings (SSSR count). The van der Waals surface area contributed by atoms with Crippen molar-refractivity contribution in [3.05, 3.63) is 106 Å². The van der Waals surface area contributed by atoms with E-state index in [1.165, 1.54) is 17.4 Å². The second-order valence-corrected chi connectivity index (χ2v) is 7.98. The van der Waals surface area contributed by atoms with E-state index in [9.17, 15) is 9.18 Å². The molecule has 0 aliphatic carbocycles. The fraction of sp³-hybridized carbons (Fsp3) is 0.120. The topological polar surface area (TPSA) is 51.2 Å². The zero-order valence-corrected chi connectivity index (χ0v) is 17.8. The molecule has 0 radical (unpaired) electrons. The largest absolute Gasteiger partial charge is 0.489 e. The van der Waals surface area contributed by atoms with E-state index in [1.54, 1.807) is 17.5 Å². The van der Waals surface area contributed by atoms with Crippen molar-refractivity contribution in [2.75, 3.05) is 0 Å². The maximum absolute atomic E-state index is 14.7. The first kappa shape index (κ1) is 20.8. The summed E-state index contributed by atoms with van der Waals surface area (Å²) in [7, 11) is 0. The van der Waals surface area contributed by atoms with Crippen LogP contribution < -0.4 is 10.1 Å². The zero-order valence-electron chi connectivity index (χ0n) is 17.0. The summed E-state index contributed by atoms with van der Waals surface area (Å²) in [5.74, 6) is -0.280. The second kappa shape index (κ2) is 9.53. The molecule has 1 heterocycles. The van der Waals surface area contributed by atoms with Crippen LogP contribution in [0.4, 0.5) is 4.39 Å². The summed E-state index contributed by atoms with van der Waals surface area (Å²) in [6, 6.07) is 22.3. The van der Waals surface area contributed by atoms with Gasteiger partial charge in [0.1, 0.15) is 28.9 Å². The minimum absolute atomic E-state index is 0.273. The summed E-state index contributed by atoms with van der Waals surface area (Å²) in [6.45, 7) is 2.79. The van der Waals surface area contributed by atoms with E-state index in [0.29, 0.717) is 29.5 Å². The Labute approximate surface area is 184 Å². The third-order valence-electron chi connectivity index (χ3n) is 4.69. The summed E-state index contributed by atoms with van der Waals surface area (Å²) in [4.78, 5) is 16.7. The highest BCUT2D eigenvalue weighted by Crippen LogP contribution is 2.29. The lowest BCUT2D eigenvalue weighted by atomic mass is 10.1. The number of nitrogens with zero attached hydrogens (tertiary/aromatic N) is 1. The summed E-state index contributed by atoms with van der Waals surface area (Å²) in [5, 5.41) is 4.92. The lowest BCUT2D eigenvalue weighted by Gasteiger charge is -2.08. The predicted molar refractivity (Wildman–Crippen MR) is 121 cm³/mol. The number of aromatic nitrogens is 1. The number of thiazole rings is 1. The van der Waals surface area contributed by atoms with Crippen molar-refractivity contribution in [2.45, 2.75) is 20.1 Å². The van der Waals surface area contributed by atoms with Crippen LogP contribution in [0, 0.1) is 12.7 Å². The average Bonchev–Trinajstić information content (AvgIpc) is 3.27. The van der Waals surface area contributed by atoms with Gasteiger partial charge < -0.3 is 10.1 Å². The highest BCUT2D eigenvalue weighted by molar-refractivity contribution is 7.13. The van der Waals surface area contributed by atoms with E-state index >= 15 is 0 Å². The first-order chi connectivity index (χ1) is 15.1. The molecule has 4 nitrogen and oxygen atoms in total. The van der Waals surface area contributed by atoms with Gasteiger partial charge in [-0.1, -0.05) is 60.2 Å². The molecule has 6 heteroatoms. The zero-order chi connectivity index (χ0) is 21.6. The molecule has 0 fully saturated rings. The Balaban J connectivity index is 1.40. The SMILES string of the molecule is Cc1cccc(COc2ccc(-c3nc(C(=O)NCc4ccccc4)cs3)c(F)c2)c1. The van der Waals surface area contributed by atoms with Crippen LogP contribution in [0.3, 0.4) is 0 Å². The number of halogens is 1. The summed E-state index contributed by atoms with van der Waals surface area (Å²) in [6.07, 6.45) is 0. The Morgan fingerprint density at radius 1 is 1.03 bits per heavy atom. The van der Waals surface area contributed by atoms with E-state index in [4.69, 9.17) is 4.74 Å². The van der Waals surface area contributed by atoms with Gasteiger partial charge in [-0.3, -0.25) is 4.79 Å². The van der Waals surface area contributed by atoms with Gasteiger partial charge in [0.2, 0.25) is 0 Å². The maximum atomic E-state index is 14.7. The molecule has 0 unspecified atom stereocenters. The molecule has 31 heavy (non-hydrogen) atoms. The Bertz CT molecular complexity index is 1190. The third-order valence-corrected chi connectivity index (χ3v) is 5.57. The third kappa shape index (κ3) is 5.35. The summed E-state index contributed by atoms with van der Waals surface area (Å²) >= 11 is 1.23. The van der Waals surface area contributed by atoms with E-state index in [1.807, 2.05) is 61.5 Å². The van der Waals surface area contributed by atoms with Crippen molar-refractivity contribution in [3.63, 3.8) is 0 Å². The molecule has 0 bridgehead atoms. The first-order valence-corrected chi connectivity index (χ1v) is 10.7. The molecule has 156 valence electrons. The quantitative estimate of drug-likeness (QED) is 0.404. The number of amides is 1. The molecule has 0 aliphatic rings. The molecule has 0 atom stereocenters. The van der Waals surface area contributed by atoms with Crippen LogP contribution in [0.15, 0.2) is 78.2 Å². The molecule has 0 aliphatic heterocycles. The number of rotatable bonds is 7. The Morgan fingerprint density at radius 2 is 1.84 bits per heavy atom.